The Balaban J connectivity index is 1.36. The quantitative estimate of drug-likeness (QED) is 0.803. The minimum Gasteiger partial charge on any atom is -0.458 e. The normalized spacial score (nSPS) is 29.6. The average Bonchev–Trinajstić information content (AvgIpc) is 3.36. The van der Waals surface area contributed by atoms with Crippen molar-refractivity contribution in [2.75, 3.05) is 0 Å². The lowest BCUT2D eigenvalue weighted by Crippen LogP contribution is -2.24. The van der Waals surface area contributed by atoms with Crippen LogP contribution in [0.1, 0.15) is 67.8 Å². The van der Waals surface area contributed by atoms with Crippen molar-refractivity contribution < 1.29 is 9.53 Å². The molecule has 3 saturated carbocycles. The molecule has 126 valence electrons. The van der Waals surface area contributed by atoms with Crippen LogP contribution < -0.4 is 0 Å². The molecular formula is C19H23N3O2. The molecule has 3 atom stereocenters. The van der Waals surface area contributed by atoms with Crippen molar-refractivity contribution in [2.45, 2.75) is 63.5 Å². The first-order valence-corrected chi connectivity index (χ1v) is 9.32. The minimum absolute atomic E-state index is 0.119. The maximum Gasteiger partial charge on any atom is 0.340 e. The number of carbonyl (C=O) groups is 1. The van der Waals surface area contributed by atoms with Crippen LogP contribution in [0.2, 0.25) is 0 Å². The molecule has 0 N–H and O–H groups in total. The molecule has 2 bridgehead atoms. The van der Waals surface area contributed by atoms with Crippen LogP contribution in [0.15, 0.2) is 18.5 Å². The van der Waals surface area contributed by atoms with Gasteiger partial charge in [0.05, 0.1) is 17.8 Å². The Bertz CT molecular complexity index is 778. The summed E-state index contributed by atoms with van der Waals surface area (Å²) in [6.07, 6.45) is 13.3. The number of ether oxygens (including phenoxy) is 1. The largest absolute Gasteiger partial charge is 0.458 e. The fraction of sp³-hybridized carbons (Fsp3) is 0.632. The molecule has 0 aliphatic heterocycles. The number of hydrogen-bond donors (Lipinski definition) is 0. The lowest BCUT2D eigenvalue weighted by Gasteiger charge is -2.21. The number of fused-ring (bicyclic) bond motifs is 3. The van der Waals surface area contributed by atoms with E-state index in [1.54, 1.807) is 6.20 Å². The number of carbonyl (C=O) groups excluding carboxylic acids is 1. The molecule has 0 saturated heterocycles. The van der Waals surface area contributed by atoms with Crippen LogP contribution in [0.3, 0.4) is 0 Å². The Hall–Kier alpha value is -1.91. The number of pyridine rings is 1. The zero-order valence-electron chi connectivity index (χ0n) is 13.9. The number of hydrogen-bond acceptors (Lipinski definition) is 4. The second kappa shape index (κ2) is 5.57. The van der Waals surface area contributed by atoms with Crippen molar-refractivity contribution in [1.29, 1.82) is 0 Å². The molecule has 24 heavy (non-hydrogen) atoms. The summed E-state index contributed by atoms with van der Waals surface area (Å²) in [5.74, 6) is 1.13. The van der Waals surface area contributed by atoms with E-state index in [2.05, 4.69) is 10.1 Å². The molecule has 0 unspecified atom stereocenters. The van der Waals surface area contributed by atoms with Crippen LogP contribution in [-0.2, 0) is 4.74 Å². The fourth-order valence-corrected chi connectivity index (χ4v) is 5.00. The zero-order valence-corrected chi connectivity index (χ0v) is 13.9. The molecule has 0 aromatic carbocycles. The molecule has 2 aromatic rings. The van der Waals surface area contributed by atoms with Crippen LogP contribution in [-0.4, -0.2) is 26.8 Å². The lowest BCUT2D eigenvalue weighted by molar-refractivity contribution is 0.0158. The summed E-state index contributed by atoms with van der Waals surface area (Å²) in [5.41, 5.74) is 1.44. The molecule has 5 nitrogen and oxygen atoms in total. The highest BCUT2D eigenvalue weighted by Gasteiger charge is 2.41. The molecule has 5 rings (SSSR count). The monoisotopic (exact) mass is 325 g/mol. The van der Waals surface area contributed by atoms with Gasteiger partial charge in [-0.1, -0.05) is 12.8 Å². The summed E-state index contributed by atoms with van der Waals surface area (Å²) < 4.78 is 7.82. The van der Waals surface area contributed by atoms with Gasteiger partial charge in [-0.3, -0.25) is 0 Å². The topological polar surface area (TPSA) is 57.0 Å². The highest BCUT2D eigenvalue weighted by Crippen LogP contribution is 2.46. The van der Waals surface area contributed by atoms with E-state index in [4.69, 9.17) is 4.74 Å². The molecule has 3 aliphatic rings. The van der Waals surface area contributed by atoms with Crippen molar-refractivity contribution in [3.05, 3.63) is 24.0 Å². The molecule has 0 spiro atoms. The van der Waals surface area contributed by atoms with E-state index in [0.717, 1.165) is 23.4 Å². The van der Waals surface area contributed by atoms with E-state index >= 15 is 0 Å². The van der Waals surface area contributed by atoms with Crippen molar-refractivity contribution in [3.63, 3.8) is 0 Å². The average molecular weight is 325 g/mol. The predicted molar refractivity (Wildman–Crippen MR) is 89.7 cm³/mol. The molecule has 2 aromatic heterocycles. The SMILES string of the molecule is O=C(O[C@H]1C[C@H]2CC[C@H]1C2)c1cnc2c(cnn2C2CCCC2)c1. The summed E-state index contributed by atoms with van der Waals surface area (Å²) >= 11 is 0. The summed E-state index contributed by atoms with van der Waals surface area (Å²) in [5, 5.41) is 5.45. The van der Waals surface area contributed by atoms with E-state index in [1.807, 2.05) is 16.9 Å². The number of nitrogens with zero attached hydrogens (tertiary/aromatic N) is 3. The summed E-state index contributed by atoms with van der Waals surface area (Å²) in [7, 11) is 0. The predicted octanol–water partition coefficient (Wildman–Crippen LogP) is 3.89. The zero-order chi connectivity index (χ0) is 16.1. The van der Waals surface area contributed by atoms with Gasteiger partial charge in [-0.05, 0) is 56.4 Å². The standard InChI is InChI=1S/C19H23N3O2/c23-19(24-17-8-12-5-6-13(17)7-12)15-9-14-11-21-22(18(14)20-10-15)16-3-1-2-4-16/h9-13,16-17H,1-8H2/t12-,13-,17-/m0/s1. The van der Waals surface area contributed by atoms with Crippen LogP contribution in [0.5, 0.6) is 0 Å². The maximum atomic E-state index is 12.5. The summed E-state index contributed by atoms with van der Waals surface area (Å²) in [6, 6.07) is 2.35. The Kier molecular flexibility index (Phi) is 3.35. The van der Waals surface area contributed by atoms with E-state index in [0.29, 0.717) is 17.5 Å². The Morgan fingerprint density at radius 1 is 1.12 bits per heavy atom. The van der Waals surface area contributed by atoms with E-state index in [1.165, 1.54) is 44.9 Å². The molecule has 0 radical (unpaired) electrons. The summed E-state index contributed by atoms with van der Waals surface area (Å²) in [6.45, 7) is 0. The van der Waals surface area contributed by atoms with Gasteiger partial charge in [0.25, 0.3) is 0 Å². The van der Waals surface area contributed by atoms with Crippen LogP contribution in [0.4, 0.5) is 0 Å². The second-order valence-electron chi connectivity index (χ2n) is 7.78. The highest BCUT2D eigenvalue weighted by molar-refractivity contribution is 5.93. The first kappa shape index (κ1) is 14.4. The van der Waals surface area contributed by atoms with Crippen LogP contribution >= 0.6 is 0 Å². The third-order valence-corrected chi connectivity index (χ3v) is 6.27. The van der Waals surface area contributed by atoms with Gasteiger partial charge in [0.15, 0.2) is 5.65 Å². The van der Waals surface area contributed by atoms with Gasteiger partial charge in [0.2, 0.25) is 0 Å². The molecular weight excluding hydrogens is 302 g/mol. The van der Waals surface area contributed by atoms with E-state index in [-0.39, 0.29) is 12.1 Å². The maximum absolute atomic E-state index is 12.5. The van der Waals surface area contributed by atoms with Gasteiger partial charge >= 0.3 is 5.97 Å². The van der Waals surface area contributed by atoms with Crippen LogP contribution in [0, 0.1) is 11.8 Å². The van der Waals surface area contributed by atoms with Crippen molar-refractivity contribution in [2.24, 2.45) is 11.8 Å². The van der Waals surface area contributed by atoms with Gasteiger partial charge in [0.1, 0.15) is 6.10 Å². The first-order chi connectivity index (χ1) is 11.8. The van der Waals surface area contributed by atoms with Gasteiger partial charge < -0.3 is 4.74 Å². The third-order valence-electron chi connectivity index (χ3n) is 6.27. The lowest BCUT2D eigenvalue weighted by atomic mass is 9.98. The molecule has 0 amide bonds. The molecule has 3 aliphatic carbocycles. The Labute approximate surface area is 141 Å². The Morgan fingerprint density at radius 2 is 2.00 bits per heavy atom. The second-order valence-corrected chi connectivity index (χ2v) is 7.78. The van der Waals surface area contributed by atoms with Gasteiger partial charge in [-0.15, -0.1) is 0 Å². The highest BCUT2D eigenvalue weighted by atomic mass is 16.5. The molecule has 2 heterocycles. The third kappa shape index (κ3) is 2.33. The van der Waals surface area contributed by atoms with Gasteiger partial charge in [-0.25, -0.2) is 14.5 Å². The smallest absolute Gasteiger partial charge is 0.340 e. The van der Waals surface area contributed by atoms with Crippen LogP contribution in [0.25, 0.3) is 11.0 Å². The minimum atomic E-state index is -0.226. The van der Waals surface area contributed by atoms with Crippen molar-refractivity contribution in [1.82, 2.24) is 14.8 Å². The first-order valence-electron chi connectivity index (χ1n) is 9.32. The van der Waals surface area contributed by atoms with E-state index in [9.17, 15) is 4.79 Å². The molecule has 3 fully saturated rings. The number of esters is 1. The van der Waals surface area contributed by atoms with Crippen molar-refractivity contribution in [3.8, 4) is 0 Å². The van der Waals surface area contributed by atoms with E-state index < -0.39 is 0 Å². The Morgan fingerprint density at radius 3 is 2.75 bits per heavy atom. The van der Waals surface area contributed by atoms with Crippen molar-refractivity contribution >= 4 is 17.0 Å². The fourth-order valence-electron chi connectivity index (χ4n) is 5.00. The van der Waals surface area contributed by atoms with Gasteiger partial charge in [-0.2, -0.15) is 5.10 Å². The molecule has 5 heteroatoms. The number of rotatable bonds is 3. The van der Waals surface area contributed by atoms with Gasteiger partial charge in [0, 0.05) is 11.6 Å². The summed E-state index contributed by atoms with van der Waals surface area (Å²) in [4.78, 5) is 17.0. The number of aromatic nitrogens is 3.